The van der Waals surface area contributed by atoms with Gasteiger partial charge in [-0.3, -0.25) is 4.79 Å². The summed E-state index contributed by atoms with van der Waals surface area (Å²) in [6.45, 7) is 1.98. The van der Waals surface area contributed by atoms with Crippen LogP contribution in [-0.2, 0) is 6.42 Å². The molecule has 1 unspecified atom stereocenters. The third-order valence-electron chi connectivity index (χ3n) is 2.47. The molecule has 2 rings (SSSR count). The van der Waals surface area contributed by atoms with Crippen molar-refractivity contribution in [2.24, 2.45) is 0 Å². The number of anilines is 1. The van der Waals surface area contributed by atoms with Crippen molar-refractivity contribution in [3.63, 3.8) is 0 Å². The third kappa shape index (κ3) is 3.30. The maximum atomic E-state index is 11.9. The van der Waals surface area contributed by atoms with Gasteiger partial charge in [0.25, 0.3) is 5.91 Å². The van der Waals surface area contributed by atoms with Crippen LogP contribution in [0.5, 0.6) is 0 Å². The van der Waals surface area contributed by atoms with Crippen LogP contribution in [0.3, 0.4) is 0 Å². The summed E-state index contributed by atoms with van der Waals surface area (Å²) >= 11 is 1.69. The molecule has 3 N–H and O–H groups in total. The Hall–Kier alpha value is -1.88. The number of carbonyl (C=O) groups is 1. The Bertz CT molecular complexity index is 525. The monoisotopic (exact) mass is 261 g/mol. The van der Waals surface area contributed by atoms with Crippen molar-refractivity contribution < 1.29 is 4.79 Å². The number of rotatable bonds is 4. The van der Waals surface area contributed by atoms with Crippen LogP contribution in [-0.4, -0.2) is 16.9 Å². The van der Waals surface area contributed by atoms with Gasteiger partial charge in [0.05, 0.1) is 0 Å². The second kappa shape index (κ2) is 5.64. The normalized spacial score (nSPS) is 12.1. The zero-order valence-electron chi connectivity index (χ0n) is 10.1. The Morgan fingerprint density at radius 2 is 2.28 bits per heavy atom. The van der Waals surface area contributed by atoms with Crippen LogP contribution >= 0.6 is 11.3 Å². The molecule has 1 atom stereocenters. The number of amides is 1. The molecule has 0 aliphatic rings. The first kappa shape index (κ1) is 12.6. The summed E-state index contributed by atoms with van der Waals surface area (Å²) in [4.78, 5) is 17.2. The minimum Gasteiger partial charge on any atom is -0.384 e. The van der Waals surface area contributed by atoms with E-state index in [4.69, 9.17) is 5.73 Å². The van der Waals surface area contributed by atoms with Crippen LogP contribution in [0.2, 0.25) is 0 Å². The molecule has 0 spiro atoms. The van der Waals surface area contributed by atoms with Gasteiger partial charge in [-0.15, -0.1) is 11.3 Å². The predicted octanol–water partition coefficient (Wildman–Crippen LogP) is 2.09. The first-order chi connectivity index (χ1) is 8.65. The number of hydrogen-bond acceptors (Lipinski definition) is 4. The van der Waals surface area contributed by atoms with Crippen LogP contribution in [0.15, 0.2) is 35.7 Å². The van der Waals surface area contributed by atoms with E-state index in [0.717, 1.165) is 6.42 Å². The van der Waals surface area contributed by atoms with Gasteiger partial charge >= 0.3 is 0 Å². The summed E-state index contributed by atoms with van der Waals surface area (Å²) in [5.74, 6) is 0.167. The van der Waals surface area contributed by atoms with E-state index in [1.165, 1.54) is 4.88 Å². The Morgan fingerprint density at radius 1 is 1.44 bits per heavy atom. The number of thiophene rings is 1. The van der Waals surface area contributed by atoms with Crippen LogP contribution in [0.4, 0.5) is 5.82 Å². The fourth-order valence-electron chi connectivity index (χ4n) is 1.66. The highest BCUT2D eigenvalue weighted by molar-refractivity contribution is 7.09. The van der Waals surface area contributed by atoms with Crippen LogP contribution in [0, 0.1) is 0 Å². The zero-order chi connectivity index (χ0) is 13.0. The molecule has 0 radical (unpaired) electrons. The number of nitrogens with two attached hydrogens (primary N) is 1. The lowest BCUT2D eigenvalue weighted by Crippen LogP contribution is -2.34. The summed E-state index contributed by atoms with van der Waals surface area (Å²) < 4.78 is 0. The molecule has 0 aliphatic heterocycles. The van der Waals surface area contributed by atoms with Gasteiger partial charge in [0.1, 0.15) is 11.5 Å². The standard InChI is InChI=1S/C13H15N3OS/c1-9(8-10-4-3-7-18-10)15-13(17)11-5-2-6-12(14)16-11/h2-7,9H,8H2,1H3,(H2,14,16)(H,15,17). The molecule has 0 aliphatic carbocycles. The summed E-state index contributed by atoms with van der Waals surface area (Å²) in [5.41, 5.74) is 5.90. The second-order valence-electron chi connectivity index (χ2n) is 4.11. The van der Waals surface area contributed by atoms with E-state index < -0.39 is 0 Å². The number of hydrogen-bond donors (Lipinski definition) is 2. The van der Waals surface area contributed by atoms with Gasteiger partial charge in [-0.25, -0.2) is 4.98 Å². The van der Waals surface area contributed by atoms with Crippen molar-refractivity contribution in [1.82, 2.24) is 10.3 Å². The second-order valence-corrected chi connectivity index (χ2v) is 5.14. The molecule has 18 heavy (non-hydrogen) atoms. The molecule has 0 saturated heterocycles. The average Bonchev–Trinajstić information content (AvgIpc) is 2.81. The Kier molecular flexibility index (Phi) is 3.94. The number of nitrogens with zero attached hydrogens (tertiary/aromatic N) is 1. The molecule has 94 valence electrons. The summed E-state index contributed by atoms with van der Waals surface area (Å²) in [6.07, 6.45) is 0.825. The Morgan fingerprint density at radius 3 is 2.94 bits per heavy atom. The Balaban J connectivity index is 1.95. The quantitative estimate of drug-likeness (QED) is 0.885. The van der Waals surface area contributed by atoms with Crippen molar-refractivity contribution in [3.8, 4) is 0 Å². The van der Waals surface area contributed by atoms with Gasteiger partial charge in [-0.05, 0) is 30.5 Å². The minimum atomic E-state index is -0.189. The molecule has 0 saturated carbocycles. The smallest absolute Gasteiger partial charge is 0.270 e. The highest BCUT2D eigenvalue weighted by Gasteiger charge is 2.11. The summed E-state index contributed by atoms with van der Waals surface area (Å²) in [7, 11) is 0. The maximum absolute atomic E-state index is 11.9. The largest absolute Gasteiger partial charge is 0.384 e. The number of carbonyl (C=O) groups excluding carboxylic acids is 1. The summed E-state index contributed by atoms with van der Waals surface area (Å²) in [6, 6.07) is 9.18. The third-order valence-corrected chi connectivity index (χ3v) is 3.37. The molecule has 0 bridgehead atoms. The molecular weight excluding hydrogens is 246 g/mol. The molecule has 5 heteroatoms. The number of nitrogens with one attached hydrogen (secondary N) is 1. The van der Waals surface area contributed by atoms with Crippen molar-refractivity contribution in [3.05, 3.63) is 46.3 Å². The van der Waals surface area contributed by atoms with E-state index in [-0.39, 0.29) is 11.9 Å². The highest BCUT2D eigenvalue weighted by atomic mass is 32.1. The first-order valence-electron chi connectivity index (χ1n) is 5.71. The van der Waals surface area contributed by atoms with E-state index in [1.807, 2.05) is 18.4 Å². The van der Waals surface area contributed by atoms with E-state index in [2.05, 4.69) is 16.4 Å². The SMILES string of the molecule is CC(Cc1cccs1)NC(=O)c1cccc(N)n1. The van der Waals surface area contributed by atoms with Crippen molar-refractivity contribution >= 4 is 23.1 Å². The first-order valence-corrected chi connectivity index (χ1v) is 6.59. The number of aromatic nitrogens is 1. The fourth-order valence-corrected chi connectivity index (χ4v) is 2.49. The van der Waals surface area contributed by atoms with E-state index in [1.54, 1.807) is 29.5 Å². The molecule has 0 fully saturated rings. The molecule has 0 aromatic carbocycles. The van der Waals surface area contributed by atoms with Crippen LogP contribution in [0.25, 0.3) is 0 Å². The van der Waals surface area contributed by atoms with Gasteiger partial charge in [0.2, 0.25) is 0 Å². The van der Waals surface area contributed by atoms with E-state index in [9.17, 15) is 4.79 Å². The van der Waals surface area contributed by atoms with Gasteiger partial charge in [0, 0.05) is 17.3 Å². The molecule has 1 amide bonds. The molecule has 4 nitrogen and oxygen atoms in total. The van der Waals surface area contributed by atoms with Crippen molar-refractivity contribution in [2.45, 2.75) is 19.4 Å². The Labute approximate surface area is 110 Å². The average molecular weight is 261 g/mol. The van der Waals surface area contributed by atoms with Gasteiger partial charge in [0.15, 0.2) is 0 Å². The van der Waals surface area contributed by atoms with Gasteiger partial charge in [-0.2, -0.15) is 0 Å². The molecule has 2 heterocycles. The highest BCUT2D eigenvalue weighted by Crippen LogP contribution is 2.11. The lowest BCUT2D eigenvalue weighted by molar-refractivity contribution is 0.0935. The molecular formula is C13H15N3OS. The topological polar surface area (TPSA) is 68.0 Å². The van der Waals surface area contributed by atoms with Crippen molar-refractivity contribution in [1.29, 1.82) is 0 Å². The molecule has 2 aromatic heterocycles. The van der Waals surface area contributed by atoms with E-state index in [0.29, 0.717) is 11.5 Å². The zero-order valence-corrected chi connectivity index (χ0v) is 10.9. The van der Waals surface area contributed by atoms with Crippen LogP contribution < -0.4 is 11.1 Å². The predicted molar refractivity (Wildman–Crippen MR) is 73.6 cm³/mol. The number of nitrogen functional groups attached to an aromatic ring is 1. The maximum Gasteiger partial charge on any atom is 0.270 e. The number of pyridine rings is 1. The summed E-state index contributed by atoms with van der Waals surface area (Å²) in [5, 5.41) is 4.94. The van der Waals surface area contributed by atoms with Crippen LogP contribution in [0.1, 0.15) is 22.3 Å². The van der Waals surface area contributed by atoms with Gasteiger partial charge < -0.3 is 11.1 Å². The fraction of sp³-hybridized carbons (Fsp3) is 0.231. The van der Waals surface area contributed by atoms with Gasteiger partial charge in [-0.1, -0.05) is 12.1 Å². The van der Waals surface area contributed by atoms with E-state index >= 15 is 0 Å². The lowest BCUT2D eigenvalue weighted by atomic mass is 10.2. The lowest BCUT2D eigenvalue weighted by Gasteiger charge is -2.12. The molecule has 2 aromatic rings. The minimum absolute atomic E-state index is 0.0689. The van der Waals surface area contributed by atoms with Crippen molar-refractivity contribution in [2.75, 3.05) is 5.73 Å².